The number of nitrogens with one attached hydrogen (secondary N) is 1. The third-order valence-electron chi connectivity index (χ3n) is 2.62. The summed E-state index contributed by atoms with van der Waals surface area (Å²) in [4.78, 5) is 11.2. The number of hydrogen-bond donors (Lipinski definition) is 1. The highest BCUT2D eigenvalue weighted by atomic mass is 16.5. The van der Waals surface area contributed by atoms with Crippen molar-refractivity contribution in [3.8, 4) is 0 Å². The summed E-state index contributed by atoms with van der Waals surface area (Å²) in [5.41, 5.74) is 5.05. The molecule has 1 N–H and O–H groups in total. The summed E-state index contributed by atoms with van der Waals surface area (Å²) < 4.78 is 4.61. The molecule has 0 aromatic heterocycles. The highest BCUT2D eigenvalue weighted by Gasteiger charge is 2.03. The lowest BCUT2D eigenvalue weighted by atomic mass is 10.3. The Bertz CT molecular complexity index is 568. The van der Waals surface area contributed by atoms with E-state index in [1.54, 1.807) is 11.2 Å². The Labute approximate surface area is 118 Å². The zero-order valence-electron chi connectivity index (χ0n) is 11.2. The Morgan fingerprint density at radius 1 is 1.05 bits per heavy atom. The first kappa shape index (κ1) is 13.7. The minimum atomic E-state index is -0.402. The molecule has 0 bridgehead atoms. The SMILES string of the molecule is COC(=O)/C=C/N(Nc1ccccc1)c1ccccc1. The molecule has 0 spiro atoms. The standard InChI is InChI=1S/C16H16N2O2/c1-20-16(19)12-13-18(15-10-6-3-7-11-15)17-14-8-4-2-5-9-14/h2-13,17H,1H3/b13-12+. The molecule has 0 amide bonds. The fraction of sp³-hybridized carbons (Fsp3) is 0.0625. The average Bonchev–Trinajstić information content (AvgIpc) is 2.53. The van der Waals surface area contributed by atoms with E-state index in [0.717, 1.165) is 11.4 Å². The van der Waals surface area contributed by atoms with Gasteiger partial charge in [0.25, 0.3) is 0 Å². The lowest BCUT2D eigenvalue weighted by molar-refractivity contribution is -0.134. The molecule has 0 fully saturated rings. The third kappa shape index (κ3) is 3.88. The minimum Gasteiger partial charge on any atom is -0.466 e. The molecule has 0 aliphatic carbocycles. The number of nitrogens with zero attached hydrogens (tertiary/aromatic N) is 1. The lowest BCUT2D eigenvalue weighted by Gasteiger charge is -2.22. The first-order valence-corrected chi connectivity index (χ1v) is 6.22. The van der Waals surface area contributed by atoms with Crippen LogP contribution in [0.5, 0.6) is 0 Å². The molecule has 2 rings (SSSR count). The zero-order chi connectivity index (χ0) is 14.2. The van der Waals surface area contributed by atoms with Crippen LogP contribution in [0.3, 0.4) is 0 Å². The molecule has 0 saturated heterocycles. The van der Waals surface area contributed by atoms with Gasteiger partial charge in [-0.3, -0.25) is 10.4 Å². The maximum atomic E-state index is 11.2. The summed E-state index contributed by atoms with van der Waals surface area (Å²) in [5.74, 6) is -0.402. The summed E-state index contributed by atoms with van der Waals surface area (Å²) in [7, 11) is 1.35. The van der Waals surface area contributed by atoms with Crippen molar-refractivity contribution in [3.63, 3.8) is 0 Å². The van der Waals surface area contributed by atoms with E-state index in [4.69, 9.17) is 0 Å². The van der Waals surface area contributed by atoms with Gasteiger partial charge in [0.15, 0.2) is 0 Å². The van der Waals surface area contributed by atoms with Crippen molar-refractivity contribution in [2.24, 2.45) is 0 Å². The van der Waals surface area contributed by atoms with Gasteiger partial charge in [-0.05, 0) is 24.3 Å². The molecular weight excluding hydrogens is 252 g/mol. The maximum absolute atomic E-state index is 11.2. The molecule has 0 unspecified atom stereocenters. The van der Waals surface area contributed by atoms with Gasteiger partial charge in [0.05, 0.1) is 18.5 Å². The number of rotatable bonds is 5. The quantitative estimate of drug-likeness (QED) is 0.513. The second-order valence-corrected chi connectivity index (χ2v) is 4.02. The first-order valence-electron chi connectivity index (χ1n) is 6.22. The first-order chi connectivity index (χ1) is 9.79. The van der Waals surface area contributed by atoms with Gasteiger partial charge < -0.3 is 4.74 Å². The average molecular weight is 268 g/mol. The molecule has 102 valence electrons. The van der Waals surface area contributed by atoms with E-state index >= 15 is 0 Å². The van der Waals surface area contributed by atoms with Gasteiger partial charge in [0.2, 0.25) is 0 Å². The van der Waals surface area contributed by atoms with Gasteiger partial charge in [-0.1, -0.05) is 36.4 Å². The monoisotopic (exact) mass is 268 g/mol. The van der Waals surface area contributed by atoms with Gasteiger partial charge in [-0.15, -0.1) is 0 Å². The van der Waals surface area contributed by atoms with Crippen molar-refractivity contribution in [1.29, 1.82) is 0 Å². The Morgan fingerprint density at radius 2 is 1.65 bits per heavy atom. The highest BCUT2D eigenvalue weighted by molar-refractivity contribution is 5.82. The summed E-state index contributed by atoms with van der Waals surface area (Å²) in [6, 6.07) is 19.4. The van der Waals surface area contributed by atoms with Crippen molar-refractivity contribution in [2.75, 3.05) is 17.5 Å². The molecule has 0 aliphatic rings. The van der Waals surface area contributed by atoms with E-state index in [9.17, 15) is 4.79 Å². The number of methoxy groups -OCH3 is 1. The van der Waals surface area contributed by atoms with E-state index in [2.05, 4.69) is 10.2 Å². The van der Waals surface area contributed by atoms with Crippen LogP contribution in [0.25, 0.3) is 0 Å². The fourth-order valence-electron chi connectivity index (χ4n) is 1.63. The number of ether oxygens (including phenoxy) is 1. The van der Waals surface area contributed by atoms with Crippen LogP contribution >= 0.6 is 0 Å². The molecule has 0 saturated carbocycles. The largest absolute Gasteiger partial charge is 0.466 e. The number of benzene rings is 2. The number of anilines is 2. The third-order valence-corrected chi connectivity index (χ3v) is 2.62. The molecule has 4 heteroatoms. The van der Waals surface area contributed by atoms with Crippen LogP contribution in [0.2, 0.25) is 0 Å². The number of para-hydroxylation sites is 2. The van der Waals surface area contributed by atoms with E-state index in [0.29, 0.717) is 0 Å². The number of hydrazine groups is 1. The van der Waals surface area contributed by atoms with Crippen LogP contribution in [0.4, 0.5) is 11.4 Å². The predicted molar refractivity (Wildman–Crippen MR) is 80.1 cm³/mol. The highest BCUT2D eigenvalue weighted by Crippen LogP contribution is 2.16. The molecule has 2 aromatic rings. The number of carbonyl (C=O) groups is 1. The molecule has 0 heterocycles. The van der Waals surface area contributed by atoms with Crippen molar-refractivity contribution in [2.45, 2.75) is 0 Å². The van der Waals surface area contributed by atoms with Crippen molar-refractivity contribution in [1.82, 2.24) is 0 Å². The van der Waals surface area contributed by atoms with Crippen LogP contribution in [-0.2, 0) is 9.53 Å². The predicted octanol–water partition coefficient (Wildman–Crippen LogP) is 3.21. The zero-order valence-corrected chi connectivity index (χ0v) is 11.2. The number of carbonyl (C=O) groups excluding carboxylic acids is 1. The minimum absolute atomic E-state index is 0.402. The van der Waals surface area contributed by atoms with Crippen LogP contribution in [0.1, 0.15) is 0 Å². The van der Waals surface area contributed by atoms with Gasteiger partial charge >= 0.3 is 5.97 Å². The van der Waals surface area contributed by atoms with Gasteiger partial charge in [0.1, 0.15) is 0 Å². The van der Waals surface area contributed by atoms with E-state index < -0.39 is 5.97 Å². The summed E-state index contributed by atoms with van der Waals surface area (Å²) >= 11 is 0. The molecule has 4 nitrogen and oxygen atoms in total. The van der Waals surface area contributed by atoms with E-state index in [1.165, 1.54) is 13.2 Å². The Hall–Kier alpha value is -2.75. The lowest BCUT2D eigenvalue weighted by Crippen LogP contribution is -2.24. The van der Waals surface area contributed by atoms with Crippen LogP contribution in [0.15, 0.2) is 72.9 Å². The number of esters is 1. The maximum Gasteiger partial charge on any atom is 0.332 e. The molecule has 20 heavy (non-hydrogen) atoms. The summed E-state index contributed by atoms with van der Waals surface area (Å²) in [6.45, 7) is 0. The Balaban J connectivity index is 2.20. The molecule has 0 aliphatic heterocycles. The smallest absolute Gasteiger partial charge is 0.332 e. The van der Waals surface area contributed by atoms with Crippen LogP contribution < -0.4 is 10.4 Å². The second-order valence-electron chi connectivity index (χ2n) is 4.02. The molecule has 2 aromatic carbocycles. The summed E-state index contributed by atoms with van der Waals surface area (Å²) in [6.07, 6.45) is 3.00. The Kier molecular flexibility index (Phi) is 4.78. The van der Waals surface area contributed by atoms with Crippen LogP contribution in [0, 0.1) is 0 Å². The topological polar surface area (TPSA) is 41.6 Å². The molecule has 0 radical (unpaired) electrons. The van der Waals surface area contributed by atoms with Gasteiger partial charge in [-0.25, -0.2) is 4.79 Å². The van der Waals surface area contributed by atoms with Crippen LogP contribution in [-0.4, -0.2) is 13.1 Å². The molecule has 0 atom stereocenters. The van der Waals surface area contributed by atoms with E-state index in [-0.39, 0.29) is 0 Å². The number of hydrogen-bond acceptors (Lipinski definition) is 4. The Morgan fingerprint density at radius 3 is 2.25 bits per heavy atom. The van der Waals surface area contributed by atoms with Crippen molar-refractivity contribution in [3.05, 3.63) is 72.9 Å². The molecular formula is C16H16N2O2. The van der Waals surface area contributed by atoms with Gasteiger partial charge in [0, 0.05) is 12.3 Å². The normalized spacial score (nSPS) is 10.2. The second kappa shape index (κ2) is 6.99. The van der Waals surface area contributed by atoms with E-state index in [1.807, 2.05) is 60.7 Å². The fourth-order valence-corrected chi connectivity index (χ4v) is 1.63. The van der Waals surface area contributed by atoms with Crippen molar-refractivity contribution >= 4 is 17.3 Å². The summed E-state index contributed by atoms with van der Waals surface area (Å²) in [5, 5.41) is 1.76. The van der Waals surface area contributed by atoms with Gasteiger partial charge in [-0.2, -0.15) is 0 Å². The van der Waals surface area contributed by atoms with Crippen molar-refractivity contribution < 1.29 is 9.53 Å².